The zero-order chi connectivity index (χ0) is 33.0. The van der Waals surface area contributed by atoms with Gasteiger partial charge in [-0.3, -0.25) is 0 Å². The molecule has 2 fully saturated rings. The lowest BCUT2D eigenvalue weighted by atomic mass is 10.2. The number of ether oxygens (including phenoxy) is 3. The number of carbonyl (C=O) groups is 1. The quantitative estimate of drug-likeness (QED) is 0.170. The number of anilines is 1. The first-order valence-corrected chi connectivity index (χ1v) is 17.7. The minimum Gasteiger partial charge on any atom is -0.444 e. The van der Waals surface area contributed by atoms with Gasteiger partial charge >= 0.3 is 6.09 Å². The van der Waals surface area contributed by atoms with E-state index in [4.69, 9.17) is 49.0 Å². The van der Waals surface area contributed by atoms with Gasteiger partial charge in [0.05, 0.1) is 27.5 Å². The Bertz CT molecular complexity index is 1940. The number of nitrogens with zero attached hydrogens (tertiary/aromatic N) is 7. The summed E-state index contributed by atoms with van der Waals surface area (Å²) in [4.78, 5) is 29.3. The second kappa shape index (κ2) is 12.5. The largest absolute Gasteiger partial charge is 0.444 e. The van der Waals surface area contributed by atoms with E-state index in [0.717, 1.165) is 25.5 Å². The summed E-state index contributed by atoms with van der Waals surface area (Å²) >= 11 is 19.8. The third-order valence-corrected chi connectivity index (χ3v) is 9.33. The van der Waals surface area contributed by atoms with E-state index in [2.05, 4.69) is 20.1 Å². The first-order chi connectivity index (χ1) is 21.7. The molecule has 1 aromatic carbocycles. The molecule has 2 aliphatic rings. The highest BCUT2D eigenvalue weighted by atomic mass is 35.5. The van der Waals surface area contributed by atoms with Gasteiger partial charge < -0.3 is 24.0 Å². The number of aromatic nitrogens is 5. The third kappa shape index (κ3) is 6.63. The molecular weight excluding hydrogens is 681 g/mol. The molecule has 1 atom stereocenters. The van der Waals surface area contributed by atoms with Crippen LogP contribution in [0.25, 0.3) is 21.8 Å². The number of fused-ring (bicyclic) bond motifs is 2. The normalized spacial score (nSPS) is 17.9. The molecule has 46 heavy (non-hydrogen) atoms. The van der Waals surface area contributed by atoms with Crippen LogP contribution in [0.4, 0.5) is 10.6 Å². The lowest BCUT2D eigenvalue weighted by Crippen LogP contribution is -2.50. The van der Waals surface area contributed by atoms with Crippen molar-refractivity contribution in [1.29, 1.82) is 0 Å². The van der Waals surface area contributed by atoms with Crippen molar-refractivity contribution < 1.29 is 27.4 Å². The summed E-state index contributed by atoms with van der Waals surface area (Å²) in [5, 5.41) is 5.41. The van der Waals surface area contributed by atoms with Gasteiger partial charge in [-0.05, 0) is 52.2 Å². The van der Waals surface area contributed by atoms with E-state index in [1.807, 2.05) is 4.90 Å². The summed E-state index contributed by atoms with van der Waals surface area (Å²) in [6.07, 6.45) is 4.67. The predicted octanol–water partition coefficient (Wildman–Crippen LogP) is 6.29. The maximum atomic E-state index is 12.8. The van der Waals surface area contributed by atoms with Crippen molar-refractivity contribution in [3.05, 3.63) is 33.5 Å². The fourth-order valence-electron chi connectivity index (χ4n) is 5.38. The van der Waals surface area contributed by atoms with Crippen molar-refractivity contribution in [1.82, 2.24) is 29.6 Å². The number of carbonyl (C=O) groups excluding carboxylic acids is 1. The standard InChI is InChI=1S/C29H32Cl3N7O6S/c1-29(2,3)45-28(40)38-10-8-37(9-11-38)25-16-13-20(31)34-26(23(16)35-27(36-25)46(4,41)42)44-24-17-15-33-39(21-7-5-6-12-43-21)19(17)14-18(30)22(24)32/h13-15,21H,5-12H2,1-4H3. The lowest BCUT2D eigenvalue weighted by Gasteiger charge is -2.36. The van der Waals surface area contributed by atoms with Gasteiger partial charge in [0.15, 0.2) is 12.0 Å². The van der Waals surface area contributed by atoms with Gasteiger partial charge in [0.1, 0.15) is 27.1 Å². The monoisotopic (exact) mass is 711 g/mol. The number of benzene rings is 1. The molecule has 246 valence electrons. The van der Waals surface area contributed by atoms with Crippen LogP contribution in [0.15, 0.2) is 23.5 Å². The minimum absolute atomic E-state index is 0.0486. The van der Waals surface area contributed by atoms with Crippen LogP contribution in [0, 0.1) is 0 Å². The number of piperazine rings is 1. The Morgan fingerprint density at radius 1 is 1.02 bits per heavy atom. The van der Waals surface area contributed by atoms with Crippen LogP contribution in [0.5, 0.6) is 11.6 Å². The van der Waals surface area contributed by atoms with Crippen LogP contribution in [-0.2, 0) is 19.3 Å². The molecule has 2 aliphatic heterocycles. The number of amides is 1. The van der Waals surface area contributed by atoms with E-state index in [1.54, 1.807) is 48.7 Å². The average molecular weight is 713 g/mol. The summed E-state index contributed by atoms with van der Waals surface area (Å²) in [6, 6.07) is 3.23. The first kappa shape index (κ1) is 32.8. The molecule has 0 saturated carbocycles. The molecule has 6 rings (SSSR count). The number of hydrogen-bond donors (Lipinski definition) is 0. The SMILES string of the molecule is CC(C)(C)OC(=O)N1CCN(c2nc(S(C)(=O)=O)nc3c(Oc4c(Cl)c(Cl)cc5c4cnn5C4CCCCO4)nc(Cl)cc23)CC1. The van der Waals surface area contributed by atoms with Crippen LogP contribution in [-0.4, -0.2) is 88.8 Å². The summed E-state index contributed by atoms with van der Waals surface area (Å²) < 4.78 is 45.1. The number of pyridine rings is 1. The molecule has 13 nitrogen and oxygen atoms in total. The fraction of sp³-hybridized carbons (Fsp3) is 0.483. The van der Waals surface area contributed by atoms with Crippen LogP contribution in [0.1, 0.15) is 46.3 Å². The molecule has 1 unspecified atom stereocenters. The maximum Gasteiger partial charge on any atom is 0.410 e. The van der Waals surface area contributed by atoms with Crippen molar-refractivity contribution in [2.75, 3.05) is 43.9 Å². The highest BCUT2D eigenvalue weighted by molar-refractivity contribution is 7.90. The Kier molecular flexibility index (Phi) is 8.87. The van der Waals surface area contributed by atoms with Gasteiger partial charge in [0.25, 0.3) is 0 Å². The number of rotatable bonds is 5. The summed E-state index contributed by atoms with van der Waals surface area (Å²) in [5.41, 5.74) is 0.0933. The Morgan fingerprint density at radius 3 is 2.41 bits per heavy atom. The van der Waals surface area contributed by atoms with E-state index in [-0.39, 0.29) is 38.6 Å². The summed E-state index contributed by atoms with van der Waals surface area (Å²) in [7, 11) is -3.88. The Hall–Kier alpha value is -3.17. The van der Waals surface area contributed by atoms with E-state index in [9.17, 15) is 13.2 Å². The Labute approximate surface area is 280 Å². The zero-order valence-electron chi connectivity index (χ0n) is 25.6. The number of hydrogen-bond acceptors (Lipinski definition) is 11. The molecule has 4 aromatic rings. The molecule has 0 radical (unpaired) electrons. The van der Waals surface area contributed by atoms with Gasteiger partial charge in [-0.2, -0.15) is 10.1 Å². The Balaban J connectivity index is 1.42. The van der Waals surface area contributed by atoms with E-state index >= 15 is 0 Å². The molecule has 0 spiro atoms. The topological polar surface area (TPSA) is 142 Å². The second-order valence-electron chi connectivity index (χ2n) is 12.1. The van der Waals surface area contributed by atoms with Gasteiger partial charge in [0.2, 0.25) is 20.9 Å². The minimum atomic E-state index is -3.88. The fourth-order valence-corrected chi connectivity index (χ4v) is 6.46. The van der Waals surface area contributed by atoms with E-state index in [1.165, 1.54) is 0 Å². The van der Waals surface area contributed by atoms with Crippen LogP contribution < -0.4 is 9.64 Å². The molecule has 0 bridgehead atoms. The van der Waals surface area contributed by atoms with Crippen molar-refractivity contribution >= 4 is 78.4 Å². The molecule has 2 saturated heterocycles. The maximum absolute atomic E-state index is 12.8. The molecule has 0 aliphatic carbocycles. The van der Waals surface area contributed by atoms with E-state index < -0.39 is 26.7 Å². The van der Waals surface area contributed by atoms with Crippen molar-refractivity contribution in [3.63, 3.8) is 0 Å². The zero-order valence-corrected chi connectivity index (χ0v) is 28.7. The van der Waals surface area contributed by atoms with Crippen LogP contribution in [0.3, 0.4) is 0 Å². The van der Waals surface area contributed by atoms with Crippen LogP contribution in [0.2, 0.25) is 15.2 Å². The van der Waals surface area contributed by atoms with Gasteiger partial charge in [-0.1, -0.05) is 34.8 Å². The summed E-state index contributed by atoms with van der Waals surface area (Å²) in [6.45, 7) is 7.35. The van der Waals surface area contributed by atoms with Crippen LogP contribution >= 0.6 is 34.8 Å². The van der Waals surface area contributed by atoms with E-state index in [0.29, 0.717) is 54.9 Å². The molecular formula is C29H32Cl3N7O6S. The Morgan fingerprint density at radius 2 is 1.76 bits per heavy atom. The highest BCUT2D eigenvalue weighted by Gasteiger charge is 2.30. The van der Waals surface area contributed by atoms with Gasteiger partial charge in [-0.25, -0.2) is 27.9 Å². The van der Waals surface area contributed by atoms with Crippen molar-refractivity contribution in [3.8, 4) is 11.6 Å². The second-order valence-corrected chi connectivity index (χ2v) is 15.2. The summed E-state index contributed by atoms with van der Waals surface area (Å²) in [5.74, 6) is 0.345. The average Bonchev–Trinajstić information content (AvgIpc) is 3.41. The van der Waals surface area contributed by atoms with Gasteiger partial charge in [-0.15, -0.1) is 0 Å². The smallest absolute Gasteiger partial charge is 0.410 e. The molecule has 5 heterocycles. The lowest BCUT2D eigenvalue weighted by molar-refractivity contribution is -0.0366. The molecule has 0 N–H and O–H groups in total. The molecule has 3 aromatic heterocycles. The van der Waals surface area contributed by atoms with Crippen molar-refractivity contribution in [2.45, 2.75) is 57.0 Å². The van der Waals surface area contributed by atoms with Gasteiger partial charge in [0, 0.05) is 39.0 Å². The number of sulfone groups is 1. The third-order valence-electron chi connectivity index (χ3n) is 7.52. The van der Waals surface area contributed by atoms with Crippen molar-refractivity contribution in [2.24, 2.45) is 0 Å². The predicted molar refractivity (Wildman–Crippen MR) is 174 cm³/mol. The number of halogens is 3. The highest BCUT2D eigenvalue weighted by Crippen LogP contribution is 2.44. The molecule has 1 amide bonds. The molecule has 17 heteroatoms. The first-order valence-electron chi connectivity index (χ1n) is 14.7.